The van der Waals surface area contributed by atoms with Crippen molar-refractivity contribution in [3.8, 4) is 67.3 Å². The molecule has 56 heavy (non-hydrogen) atoms. The Bertz CT molecular complexity index is 3220. The highest BCUT2D eigenvalue weighted by atomic mass is 32.1. The van der Waals surface area contributed by atoms with E-state index in [-0.39, 0.29) is 0 Å². The molecule has 0 atom stereocenters. The summed E-state index contributed by atoms with van der Waals surface area (Å²) in [4.78, 5) is 14.3. The van der Waals surface area contributed by atoms with Gasteiger partial charge < -0.3 is 4.42 Å². The maximum atomic E-state index is 6.69. The normalized spacial score (nSPS) is 11.6. The number of hydrogen-bond donors (Lipinski definition) is 0. The summed E-state index contributed by atoms with van der Waals surface area (Å²) < 4.78 is 9.27. The number of aromatic nitrogens is 3. The first-order valence-corrected chi connectivity index (χ1v) is 19.5. The highest BCUT2D eigenvalue weighted by Gasteiger charge is 2.19. The Hall–Kier alpha value is -7.21. The minimum absolute atomic E-state index is 0.691. The molecule has 0 fully saturated rings. The summed E-state index contributed by atoms with van der Waals surface area (Å²) in [6, 6.07) is 61.8. The number of para-hydroxylation sites is 1. The van der Waals surface area contributed by atoms with Gasteiger partial charge in [-0.3, -0.25) is 4.98 Å². The molecule has 0 saturated heterocycles. The summed E-state index contributed by atoms with van der Waals surface area (Å²) >= 11 is 1.84. The zero-order valence-corrected chi connectivity index (χ0v) is 30.9. The smallest absolute Gasteiger partial charge is 0.160 e. The van der Waals surface area contributed by atoms with E-state index in [2.05, 4.69) is 145 Å². The Morgan fingerprint density at radius 1 is 0.393 bits per heavy atom. The fourth-order valence-electron chi connectivity index (χ4n) is 7.85. The lowest BCUT2D eigenvalue weighted by Crippen LogP contribution is -1.96. The highest BCUT2D eigenvalue weighted by molar-refractivity contribution is 7.25. The Kier molecular flexibility index (Phi) is 7.64. The fraction of sp³-hybridized carbons (Fsp3) is 0. The number of fused-ring (bicyclic) bond motifs is 6. The summed E-state index contributed by atoms with van der Waals surface area (Å²) in [5.74, 6) is 0.691. The number of pyridine rings is 1. The molecule has 11 rings (SSSR count). The van der Waals surface area contributed by atoms with Crippen LogP contribution in [0.25, 0.3) is 109 Å². The van der Waals surface area contributed by atoms with Gasteiger partial charge in [0.15, 0.2) is 5.82 Å². The lowest BCUT2D eigenvalue weighted by Gasteiger charge is -2.12. The first-order valence-electron chi connectivity index (χ1n) is 18.7. The molecule has 4 aromatic heterocycles. The van der Waals surface area contributed by atoms with Gasteiger partial charge in [-0.25, -0.2) is 9.97 Å². The quantitative estimate of drug-likeness (QED) is 0.171. The molecule has 0 aliphatic rings. The van der Waals surface area contributed by atoms with E-state index in [4.69, 9.17) is 14.4 Å². The second-order valence-corrected chi connectivity index (χ2v) is 15.1. The first kappa shape index (κ1) is 32.2. The molecule has 5 heteroatoms. The Morgan fingerprint density at radius 3 is 1.75 bits per heavy atom. The number of thiophene rings is 1. The first-order chi connectivity index (χ1) is 27.7. The van der Waals surface area contributed by atoms with Crippen molar-refractivity contribution < 1.29 is 4.42 Å². The number of benzene rings is 7. The van der Waals surface area contributed by atoms with E-state index < -0.39 is 0 Å². The molecule has 11 aromatic rings. The van der Waals surface area contributed by atoms with Crippen LogP contribution in [0.2, 0.25) is 0 Å². The topological polar surface area (TPSA) is 51.8 Å². The number of rotatable bonds is 6. The Labute approximate surface area is 327 Å². The van der Waals surface area contributed by atoms with Crippen LogP contribution in [0.3, 0.4) is 0 Å². The van der Waals surface area contributed by atoms with E-state index in [0.29, 0.717) is 5.82 Å². The van der Waals surface area contributed by atoms with Gasteiger partial charge in [-0.15, -0.1) is 11.3 Å². The average molecular weight is 734 g/mol. The molecule has 0 aliphatic heterocycles. The Balaban J connectivity index is 1.00. The minimum Gasteiger partial charge on any atom is -0.455 e. The van der Waals surface area contributed by atoms with Crippen molar-refractivity contribution in [1.82, 2.24) is 15.0 Å². The van der Waals surface area contributed by atoms with Crippen LogP contribution in [0.15, 0.2) is 193 Å². The molecule has 4 heterocycles. The van der Waals surface area contributed by atoms with Gasteiger partial charge >= 0.3 is 0 Å². The summed E-state index contributed by atoms with van der Waals surface area (Å²) in [6.45, 7) is 0. The van der Waals surface area contributed by atoms with Gasteiger partial charge in [0.05, 0.1) is 11.4 Å². The van der Waals surface area contributed by atoms with Gasteiger partial charge in [-0.2, -0.15) is 0 Å². The van der Waals surface area contributed by atoms with Crippen molar-refractivity contribution in [3.63, 3.8) is 0 Å². The van der Waals surface area contributed by atoms with Gasteiger partial charge in [-0.05, 0) is 70.3 Å². The van der Waals surface area contributed by atoms with E-state index in [1.54, 1.807) is 0 Å². The molecule has 0 amide bonds. The molecule has 0 bridgehead atoms. The van der Waals surface area contributed by atoms with Crippen LogP contribution in [0, 0.1) is 0 Å². The van der Waals surface area contributed by atoms with E-state index >= 15 is 0 Å². The predicted molar refractivity (Wildman–Crippen MR) is 233 cm³/mol. The van der Waals surface area contributed by atoms with E-state index in [9.17, 15) is 0 Å². The average Bonchev–Trinajstić information content (AvgIpc) is 3.85. The monoisotopic (exact) mass is 733 g/mol. The van der Waals surface area contributed by atoms with Crippen LogP contribution in [0.5, 0.6) is 0 Å². The Morgan fingerprint density at radius 2 is 0.982 bits per heavy atom. The van der Waals surface area contributed by atoms with Crippen molar-refractivity contribution >= 4 is 53.4 Å². The molecule has 0 aliphatic carbocycles. The summed E-state index contributed by atoms with van der Waals surface area (Å²) in [7, 11) is 0. The van der Waals surface area contributed by atoms with Crippen LogP contribution in [-0.2, 0) is 0 Å². The predicted octanol–water partition coefficient (Wildman–Crippen LogP) is 14.1. The second-order valence-electron chi connectivity index (χ2n) is 14.0. The number of nitrogens with zero attached hydrogens (tertiary/aromatic N) is 3. The van der Waals surface area contributed by atoms with Crippen LogP contribution in [0.4, 0.5) is 0 Å². The molecule has 0 saturated carbocycles. The standard InChI is InChI=1S/C51H31N3OS/c1-2-8-37(9-3-1)51-53-44(35-18-14-32(15-19-35)33-26-28-52-29-27-33)31-45(54-51)36-20-16-34(17-21-36)39-24-25-40(50-49(39)43-11-4-6-12-46(43)55-50)38-22-23-42-41-10-5-7-13-47(41)56-48(42)30-38/h1-31H. The molecular formula is C51H31N3OS. The fourth-order valence-corrected chi connectivity index (χ4v) is 8.99. The van der Waals surface area contributed by atoms with Gasteiger partial charge in [0, 0.05) is 65.6 Å². The van der Waals surface area contributed by atoms with Gasteiger partial charge in [0.25, 0.3) is 0 Å². The zero-order chi connectivity index (χ0) is 37.0. The van der Waals surface area contributed by atoms with Gasteiger partial charge in [-0.1, -0.05) is 133 Å². The lowest BCUT2D eigenvalue weighted by atomic mass is 9.93. The maximum Gasteiger partial charge on any atom is 0.160 e. The van der Waals surface area contributed by atoms with Crippen molar-refractivity contribution in [2.45, 2.75) is 0 Å². The van der Waals surface area contributed by atoms with Crippen molar-refractivity contribution in [2.24, 2.45) is 0 Å². The van der Waals surface area contributed by atoms with Gasteiger partial charge in [0.1, 0.15) is 11.2 Å². The lowest BCUT2D eigenvalue weighted by molar-refractivity contribution is 0.670. The summed E-state index contributed by atoms with van der Waals surface area (Å²) in [5.41, 5.74) is 13.3. The minimum atomic E-state index is 0.691. The molecular weight excluding hydrogens is 703 g/mol. The van der Waals surface area contributed by atoms with Crippen molar-refractivity contribution in [3.05, 3.63) is 188 Å². The number of furan rings is 1. The van der Waals surface area contributed by atoms with Gasteiger partial charge in [0.2, 0.25) is 0 Å². The van der Waals surface area contributed by atoms with Crippen molar-refractivity contribution in [1.29, 1.82) is 0 Å². The number of hydrogen-bond acceptors (Lipinski definition) is 5. The largest absolute Gasteiger partial charge is 0.455 e. The zero-order valence-electron chi connectivity index (χ0n) is 30.1. The molecule has 7 aromatic carbocycles. The van der Waals surface area contributed by atoms with Crippen LogP contribution in [-0.4, -0.2) is 15.0 Å². The summed E-state index contributed by atoms with van der Waals surface area (Å²) in [5, 5.41) is 4.82. The molecule has 0 unspecified atom stereocenters. The SMILES string of the molecule is c1ccc(-c2nc(-c3ccc(-c4ccncc4)cc3)cc(-c3ccc(-c4ccc(-c5ccc6c(c5)sc5ccccc56)c5oc6ccccc6c45)cc3)n2)cc1. The van der Waals surface area contributed by atoms with Crippen LogP contribution >= 0.6 is 11.3 Å². The molecule has 0 N–H and O–H groups in total. The van der Waals surface area contributed by atoms with Crippen molar-refractivity contribution in [2.75, 3.05) is 0 Å². The molecule has 262 valence electrons. The molecule has 0 spiro atoms. The third-order valence-electron chi connectivity index (χ3n) is 10.7. The maximum absolute atomic E-state index is 6.69. The van der Waals surface area contributed by atoms with E-state index in [1.165, 1.54) is 20.2 Å². The molecule has 0 radical (unpaired) electrons. The second kappa shape index (κ2) is 13.3. The summed E-state index contributed by atoms with van der Waals surface area (Å²) in [6.07, 6.45) is 3.64. The third-order valence-corrected chi connectivity index (χ3v) is 11.8. The van der Waals surface area contributed by atoms with E-state index in [1.807, 2.05) is 60.1 Å². The van der Waals surface area contributed by atoms with Crippen LogP contribution in [0.1, 0.15) is 0 Å². The molecule has 4 nitrogen and oxygen atoms in total. The third kappa shape index (κ3) is 5.56. The van der Waals surface area contributed by atoms with E-state index in [0.717, 1.165) is 83.4 Å². The van der Waals surface area contributed by atoms with Crippen LogP contribution < -0.4 is 0 Å². The highest BCUT2D eigenvalue weighted by Crippen LogP contribution is 2.44.